The van der Waals surface area contributed by atoms with Crippen molar-refractivity contribution in [3.05, 3.63) is 35.5 Å². The molecule has 0 fully saturated rings. The molecule has 1 unspecified atom stereocenters. The van der Waals surface area contributed by atoms with E-state index in [1.54, 1.807) is 6.08 Å². The SMILES string of the molecule is C=C(CC(=O)C=C(C)C)C1CC=C(C)CC1. The first-order valence-electron chi connectivity index (χ1n) is 6.00. The Kier molecular flexibility index (Phi) is 4.72. The summed E-state index contributed by atoms with van der Waals surface area (Å²) in [6.45, 7) is 10.1. The fourth-order valence-electron chi connectivity index (χ4n) is 2.08. The van der Waals surface area contributed by atoms with Gasteiger partial charge in [-0.3, -0.25) is 4.79 Å². The Labute approximate surface area is 98.9 Å². The van der Waals surface area contributed by atoms with Crippen LogP contribution in [0.25, 0.3) is 0 Å². The van der Waals surface area contributed by atoms with Crippen LogP contribution in [0.5, 0.6) is 0 Å². The van der Waals surface area contributed by atoms with Gasteiger partial charge in [-0.05, 0) is 52.0 Å². The molecule has 1 aliphatic rings. The lowest BCUT2D eigenvalue weighted by Gasteiger charge is -2.22. The highest BCUT2D eigenvalue weighted by Crippen LogP contribution is 2.29. The number of hydrogen-bond donors (Lipinski definition) is 0. The van der Waals surface area contributed by atoms with Gasteiger partial charge in [0.05, 0.1) is 0 Å². The first-order valence-corrected chi connectivity index (χ1v) is 6.00. The second kappa shape index (κ2) is 5.83. The summed E-state index contributed by atoms with van der Waals surface area (Å²) >= 11 is 0. The lowest BCUT2D eigenvalue weighted by molar-refractivity contribution is -0.114. The molecule has 0 radical (unpaired) electrons. The topological polar surface area (TPSA) is 17.1 Å². The second-order valence-electron chi connectivity index (χ2n) is 5.04. The summed E-state index contributed by atoms with van der Waals surface area (Å²) in [5, 5.41) is 0. The molecule has 1 heteroatoms. The van der Waals surface area contributed by atoms with Gasteiger partial charge in [0.2, 0.25) is 0 Å². The minimum atomic E-state index is 0.191. The van der Waals surface area contributed by atoms with Crippen molar-refractivity contribution in [1.29, 1.82) is 0 Å². The quantitative estimate of drug-likeness (QED) is 0.510. The summed E-state index contributed by atoms with van der Waals surface area (Å²) in [7, 11) is 0. The zero-order valence-electron chi connectivity index (χ0n) is 10.7. The van der Waals surface area contributed by atoms with E-state index in [2.05, 4.69) is 19.6 Å². The van der Waals surface area contributed by atoms with Crippen LogP contribution >= 0.6 is 0 Å². The minimum absolute atomic E-state index is 0.191. The maximum Gasteiger partial charge on any atom is 0.159 e. The Morgan fingerprint density at radius 2 is 2.25 bits per heavy atom. The molecule has 1 aliphatic carbocycles. The highest BCUT2D eigenvalue weighted by Gasteiger charge is 2.16. The van der Waals surface area contributed by atoms with Crippen molar-refractivity contribution < 1.29 is 4.79 Å². The van der Waals surface area contributed by atoms with Crippen LogP contribution < -0.4 is 0 Å². The lowest BCUT2D eigenvalue weighted by atomic mass is 9.83. The van der Waals surface area contributed by atoms with Gasteiger partial charge in [0.15, 0.2) is 5.78 Å². The molecule has 1 atom stereocenters. The summed E-state index contributed by atoms with van der Waals surface area (Å²) in [4.78, 5) is 11.6. The van der Waals surface area contributed by atoms with Crippen LogP contribution in [0.1, 0.15) is 46.5 Å². The van der Waals surface area contributed by atoms with Crippen molar-refractivity contribution in [2.75, 3.05) is 0 Å². The van der Waals surface area contributed by atoms with Gasteiger partial charge in [-0.2, -0.15) is 0 Å². The smallest absolute Gasteiger partial charge is 0.159 e. The van der Waals surface area contributed by atoms with Crippen molar-refractivity contribution in [2.45, 2.75) is 46.5 Å². The molecule has 1 rings (SSSR count). The van der Waals surface area contributed by atoms with Crippen molar-refractivity contribution in [3.8, 4) is 0 Å². The minimum Gasteiger partial charge on any atom is -0.295 e. The van der Waals surface area contributed by atoms with Gasteiger partial charge < -0.3 is 0 Å². The van der Waals surface area contributed by atoms with Gasteiger partial charge in [0.1, 0.15) is 0 Å². The van der Waals surface area contributed by atoms with Gasteiger partial charge in [-0.1, -0.05) is 29.4 Å². The van der Waals surface area contributed by atoms with E-state index in [1.165, 1.54) is 5.57 Å². The Morgan fingerprint density at radius 3 is 2.75 bits per heavy atom. The highest BCUT2D eigenvalue weighted by molar-refractivity contribution is 5.91. The summed E-state index contributed by atoms with van der Waals surface area (Å²) in [5.41, 5.74) is 3.64. The molecular weight excluding hydrogens is 196 g/mol. The highest BCUT2D eigenvalue weighted by atomic mass is 16.1. The van der Waals surface area contributed by atoms with E-state index < -0.39 is 0 Å². The molecule has 0 bridgehead atoms. The largest absolute Gasteiger partial charge is 0.295 e. The van der Waals surface area contributed by atoms with Crippen LogP contribution in [0.4, 0.5) is 0 Å². The number of ketones is 1. The van der Waals surface area contributed by atoms with Crippen LogP contribution in [0.3, 0.4) is 0 Å². The van der Waals surface area contributed by atoms with Crippen LogP contribution in [0.15, 0.2) is 35.5 Å². The van der Waals surface area contributed by atoms with E-state index in [-0.39, 0.29) is 5.78 Å². The van der Waals surface area contributed by atoms with Crippen molar-refractivity contribution >= 4 is 5.78 Å². The third kappa shape index (κ3) is 4.18. The number of allylic oxidation sites excluding steroid dienone is 5. The maximum atomic E-state index is 11.6. The summed E-state index contributed by atoms with van der Waals surface area (Å²) in [6, 6.07) is 0. The average molecular weight is 218 g/mol. The molecular formula is C15H22O. The first-order chi connectivity index (χ1) is 7.49. The van der Waals surface area contributed by atoms with E-state index in [1.807, 2.05) is 13.8 Å². The standard InChI is InChI=1S/C15H22O/c1-11(2)9-15(16)10-13(4)14-7-5-12(3)6-8-14/h5,9,14H,4,6-8,10H2,1-3H3. The molecule has 0 aliphatic heterocycles. The molecule has 0 spiro atoms. The Hall–Kier alpha value is -1.11. The predicted octanol–water partition coefficient (Wildman–Crippen LogP) is 4.21. The molecule has 0 aromatic rings. The molecule has 0 N–H and O–H groups in total. The van der Waals surface area contributed by atoms with Crippen molar-refractivity contribution in [3.63, 3.8) is 0 Å². The Balaban J connectivity index is 2.48. The number of rotatable bonds is 4. The van der Waals surface area contributed by atoms with Gasteiger partial charge in [0.25, 0.3) is 0 Å². The lowest BCUT2D eigenvalue weighted by Crippen LogP contribution is -2.10. The van der Waals surface area contributed by atoms with Crippen LogP contribution in [-0.2, 0) is 4.79 Å². The fourth-order valence-corrected chi connectivity index (χ4v) is 2.08. The zero-order valence-corrected chi connectivity index (χ0v) is 10.7. The van der Waals surface area contributed by atoms with Crippen LogP contribution in [-0.4, -0.2) is 5.78 Å². The molecule has 0 aromatic carbocycles. The molecule has 0 saturated carbocycles. The van der Waals surface area contributed by atoms with Crippen LogP contribution in [0.2, 0.25) is 0 Å². The van der Waals surface area contributed by atoms with E-state index in [9.17, 15) is 4.79 Å². The van der Waals surface area contributed by atoms with Gasteiger partial charge in [0, 0.05) is 6.42 Å². The van der Waals surface area contributed by atoms with Gasteiger partial charge >= 0.3 is 0 Å². The number of carbonyl (C=O) groups excluding carboxylic acids is 1. The number of carbonyl (C=O) groups is 1. The molecule has 0 aromatic heterocycles. The zero-order chi connectivity index (χ0) is 12.1. The summed E-state index contributed by atoms with van der Waals surface area (Å²) < 4.78 is 0. The van der Waals surface area contributed by atoms with E-state index in [0.717, 1.165) is 30.4 Å². The third-order valence-corrected chi connectivity index (χ3v) is 3.07. The molecule has 1 nitrogen and oxygen atoms in total. The third-order valence-electron chi connectivity index (χ3n) is 3.07. The average Bonchev–Trinajstić information content (AvgIpc) is 2.16. The molecule has 88 valence electrons. The van der Waals surface area contributed by atoms with E-state index in [0.29, 0.717) is 12.3 Å². The number of hydrogen-bond acceptors (Lipinski definition) is 1. The molecule has 0 amide bonds. The summed E-state index contributed by atoms with van der Waals surface area (Å²) in [6.07, 6.45) is 7.89. The molecule has 16 heavy (non-hydrogen) atoms. The van der Waals surface area contributed by atoms with Crippen LogP contribution in [0, 0.1) is 5.92 Å². The van der Waals surface area contributed by atoms with Gasteiger partial charge in [-0.25, -0.2) is 0 Å². The molecule has 0 heterocycles. The van der Waals surface area contributed by atoms with E-state index >= 15 is 0 Å². The van der Waals surface area contributed by atoms with Crippen molar-refractivity contribution in [1.82, 2.24) is 0 Å². The fraction of sp³-hybridized carbons (Fsp3) is 0.533. The maximum absolute atomic E-state index is 11.6. The van der Waals surface area contributed by atoms with Gasteiger partial charge in [-0.15, -0.1) is 0 Å². The first kappa shape index (κ1) is 13.0. The Bertz CT molecular complexity index is 340. The summed E-state index contributed by atoms with van der Waals surface area (Å²) in [5.74, 6) is 0.703. The Morgan fingerprint density at radius 1 is 1.56 bits per heavy atom. The monoisotopic (exact) mass is 218 g/mol. The second-order valence-corrected chi connectivity index (χ2v) is 5.04. The van der Waals surface area contributed by atoms with Crippen molar-refractivity contribution in [2.24, 2.45) is 5.92 Å². The normalized spacial score (nSPS) is 19.9. The predicted molar refractivity (Wildman–Crippen MR) is 69.3 cm³/mol. The molecule has 0 saturated heterocycles. The van der Waals surface area contributed by atoms with E-state index in [4.69, 9.17) is 0 Å².